The molecule has 2 bridgehead atoms. The van der Waals surface area contributed by atoms with Crippen LogP contribution >= 0.6 is 0 Å². The van der Waals surface area contributed by atoms with Crippen LogP contribution in [-0.2, 0) is 10.0 Å². The van der Waals surface area contributed by atoms with Crippen LogP contribution in [0.2, 0.25) is 0 Å². The van der Waals surface area contributed by atoms with Gasteiger partial charge in [-0.05, 0) is 25.7 Å². The Kier molecular flexibility index (Phi) is 3.80. The van der Waals surface area contributed by atoms with Gasteiger partial charge in [0.2, 0.25) is 10.0 Å². The Labute approximate surface area is 146 Å². The number of nitrogens with zero attached hydrogens (tertiary/aromatic N) is 5. The molecule has 0 spiro atoms. The Morgan fingerprint density at radius 3 is 2.80 bits per heavy atom. The van der Waals surface area contributed by atoms with Gasteiger partial charge in [-0.25, -0.2) is 17.9 Å². The quantitative estimate of drug-likeness (QED) is 0.777. The lowest BCUT2D eigenvalue weighted by Gasteiger charge is -2.36. The number of aryl methyl sites for hydroxylation is 1. The van der Waals surface area contributed by atoms with Crippen molar-refractivity contribution in [3.63, 3.8) is 0 Å². The van der Waals surface area contributed by atoms with Crippen LogP contribution < -0.4 is 0 Å². The normalized spacial score (nSPS) is 24.6. The lowest BCUT2D eigenvalue weighted by molar-refractivity contribution is 0.0586. The van der Waals surface area contributed by atoms with Crippen molar-refractivity contribution in [1.82, 2.24) is 23.8 Å². The van der Waals surface area contributed by atoms with Crippen molar-refractivity contribution in [2.24, 2.45) is 5.92 Å². The van der Waals surface area contributed by atoms with Crippen molar-refractivity contribution in [1.29, 1.82) is 0 Å². The summed E-state index contributed by atoms with van der Waals surface area (Å²) in [5.74, 6) is 0.0894. The van der Waals surface area contributed by atoms with Gasteiger partial charge >= 0.3 is 0 Å². The first-order valence-electron chi connectivity index (χ1n) is 8.40. The molecule has 0 aliphatic carbocycles. The standard InChI is InChI=1S/C16H21N5O3S/c1-11-14(7-17-15-5-6-18-21(11)15)16(22)20-9-12-3-4-13(20)10-19(8-12)25(2,23)24/h5-7,12-13H,3-4,8-10H2,1-2H3/t12-,13+/m0/s1. The summed E-state index contributed by atoms with van der Waals surface area (Å²) in [6.07, 6.45) is 6.28. The van der Waals surface area contributed by atoms with Crippen LogP contribution in [0.25, 0.3) is 5.65 Å². The first kappa shape index (κ1) is 16.5. The van der Waals surface area contributed by atoms with Crippen LogP contribution in [0, 0.1) is 12.8 Å². The van der Waals surface area contributed by atoms with E-state index in [1.807, 2.05) is 11.8 Å². The van der Waals surface area contributed by atoms with Crippen LogP contribution in [0.3, 0.4) is 0 Å². The maximum absolute atomic E-state index is 13.2. The maximum atomic E-state index is 13.2. The van der Waals surface area contributed by atoms with E-state index in [2.05, 4.69) is 10.1 Å². The van der Waals surface area contributed by atoms with E-state index < -0.39 is 10.0 Å². The summed E-state index contributed by atoms with van der Waals surface area (Å²) in [5, 5.41) is 4.21. The summed E-state index contributed by atoms with van der Waals surface area (Å²) < 4.78 is 27.1. The number of sulfonamides is 1. The molecule has 0 radical (unpaired) electrons. The summed E-state index contributed by atoms with van der Waals surface area (Å²) in [4.78, 5) is 19.3. The molecule has 3 aliphatic rings. The van der Waals surface area contributed by atoms with Crippen LogP contribution in [0.1, 0.15) is 28.9 Å². The van der Waals surface area contributed by atoms with Gasteiger partial charge in [0.1, 0.15) is 0 Å². The molecule has 2 atom stereocenters. The number of hydrogen-bond donors (Lipinski definition) is 0. The number of rotatable bonds is 2. The van der Waals surface area contributed by atoms with Crippen molar-refractivity contribution in [3.8, 4) is 0 Å². The first-order valence-corrected chi connectivity index (χ1v) is 10.2. The predicted molar refractivity (Wildman–Crippen MR) is 91.7 cm³/mol. The lowest BCUT2D eigenvalue weighted by Crippen LogP contribution is -2.48. The summed E-state index contributed by atoms with van der Waals surface area (Å²) >= 11 is 0. The highest BCUT2D eigenvalue weighted by atomic mass is 32.2. The van der Waals surface area contributed by atoms with Crippen molar-refractivity contribution in [2.75, 3.05) is 25.9 Å². The molecule has 2 aromatic heterocycles. The zero-order valence-corrected chi connectivity index (χ0v) is 15.1. The van der Waals surface area contributed by atoms with E-state index in [1.54, 1.807) is 23.0 Å². The monoisotopic (exact) mass is 363 g/mol. The molecule has 134 valence electrons. The SMILES string of the molecule is Cc1c(C(=O)N2C[C@H]3CC[C@@H]2CN(S(C)(=O)=O)C3)cnc2ccnn12. The molecule has 3 fully saturated rings. The second-order valence-electron chi connectivity index (χ2n) is 6.99. The molecule has 1 amide bonds. The summed E-state index contributed by atoms with van der Waals surface area (Å²) in [6, 6.07) is 1.70. The van der Waals surface area contributed by atoms with Crippen molar-refractivity contribution in [2.45, 2.75) is 25.8 Å². The number of hydrogen-bond acceptors (Lipinski definition) is 5. The molecule has 5 rings (SSSR count). The van der Waals surface area contributed by atoms with Gasteiger partial charge in [-0.15, -0.1) is 0 Å². The molecule has 0 aromatic carbocycles. The lowest BCUT2D eigenvalue weighted by atomic mass is 9.94. The number of carbonyl (C=O) groups is 1. The Hall–Kier alpha value is -2.00. The fraction of sp³-hybridized carbons (Fsp3) is 0.562. The van der Waals surface area contributed by atoms with Gasteiger partial charge in [-0.1, -0.05) is 0 Å². The topological polar surface area (TPSA) is 87.9 Å². The molecule has 3 aliphatic heterocycles. The van der Waals surface area contributed by atoms with Crippen LogP contribution in [0.5, 0.6) is 0 Å². The Balaban J connectivity index is 1.67. The molecular weight excluding hydrogens is 342 g/mol. The minimum absolute atomic E-state index is 0.0892. The number of fused-ring (bicyclic) bond motifs is 5. The van der Waals surface area contributed by atoms with E-state index >= 15 is 0 Å². The smallest absolute Gasteiger partial charge is 0.257 e. The number of amides is 1. The number of carbonyl (C=O) groups excluding carboxylic acids is 1. The van der Waals surface area contributed by atoms with E-state index in [0.717, 1.165) is 18.5 Å². The summed E-state index contributed by atoms with van der Waals surface area (Å²) in [6.45, 7) is 3.31. The molecule has 3 saturated heterocycles. The van der Waals surface area contributed by atoms with Gasteiger partial charge in [0.05, 0.1) is 23.7 Å². The van der Waals surface area contributed by atoms with Gasteiger partial charge < -0.3 is 4.90 Å². The molecular formula is C16H21N5O3S. The number of piperidine rings is 1. The van der Waals surface area contributed by atoms with Crippen LogP contribution in [-0.4, -0.2) is 70.1 Å². The van der Waals surface area contributed by atoms with Crippen molar-refractivity contribution in [3.05, 3.63) is 29.7 Å². The zero-order chi connectivity index (χ0) is 17.8. The van der Waals surface area contributed by atoms with Crippen molar-refractivity contribution >= 4 is 21.6 Å². The Bertz CT molecular complexity index is 938. The minimum Gasteiger partial charge on any atom is -0.334 e. The molecule has 8 nitrogen and oxygen atoms in total. The third-order valence-electron chi connectivity index (χ3n) is 5.30. The average molecular weight is 363 g/mol. The van der Waals surface area contributed by atoms with E-state index in [4.69, 9.17) is 0 Å². The molecule has 0 N–H and O–H groups in total. The van der Waals surface area contributed by atoms with E-state index in [-0.39, 0.29) is 17.9 Å². The van der Waals surface area contributed by atoms with E-state index in [9.17, 15) is 13.2 Å². The summed E-state index contributed by atoms with van der Waals surface area (Å²) in [7, 11) is -3.25. The van der Waals surface area contributed by atoms with Gasteiger partial charge in [-0.2, -0.15) is 9.40 Å². The third kappa shape index (κ3) is 2.81. The number of aromatic nitrogens is 3. The fourth-order valence-corrected chi connectivity index (χ4v) is 4.84. The third-order valence-corrected chi connectivity index (χ3v) is 6.53. The second-order valence-corrected chi connectivity index (χ2v) is 8.98. The second kappa shape index (κ2) is 5.77. The molecule has 0 unspecified atom stereocenters. The van der Waals surface area contributed by atoms with Crippen LogP contribution in [0.15, 0.2) is 18.5 Å². The highest BCUT2D eigenvalue weighted by Gasteiger charge is 2.40. The highest BCUT2D eigenvalue weighted by molar-refractivity contribution is 7.88. The minimum atomic E-state index is -3.25. The zero-order valence-electron chi connectivity index (χ0n) is 14.3. The Morgan fingerprint density at radius 1 is 1.24 bits per heavy atom. The Morgan fingerprint density at radius 2 is 2.04 bits per heavy atom. The van der Waals surface area contributed by atoms with E-state index in [0.29, 0.717) is 30.8 Å². The largest absolute Gasteiger partial charge is 0.334 e. The first-order chi connectivity index (χ1) is 11.8. The molecule has 0 saturated carbocycles. The van der Waals surface area contributed by atoms with Gasteiger partial charge in [0.15, 0.2) is 5.65 Å². The molecule has 5 heterocycles. The summed E-state index contributed by atoms with van der Waals surface area (Å²) in [5.41, 5.74) is 1.98. The van der Waals surface area contributed by atoms with Crippen molar-refractivity contribution < 1.29 is 13.2 Å². The molecule has 25 heavy (non-hydrogen) atoms. The molecule has 9 heteroatoms. The van der Waals surface area contributed by atoms with Crippen LogP contribution in [0.4, 0.5) is 0 Å². The average Bonchev–Trinajstić information content (AvgIpc) is 2.84. The predicted octanol–water partition coefficient (Wildman–Crippen LogP) is 0.534. The maximum Gasteiger partial charge on any atom is 0.257 e. The highest BCUT2D eigenvalue weighted by Crippen LogP contribution is 2.30. The molecule has 2 aromatic rings. The van der Waals surface area contributed by atoms with Gasteiger partial charge in [0, 0.05) is 37.9 Å². The fourth-order valence-electron chi connectivity index (χ4n) is 3.91. The van der Waals surface area contributed by atoms with Gasteiger partial charge in [-0.3, -0.25) is 4.79 Å². The van der Waals surface area contributed by atoms with Gasteiger partial charge in [0.25, 0.3) is 5.91 Å². The van der Waals surface area contributed by atoms with E-state index in [1.165, 1.54) is 10.6 Å².